The topological polar surface area (TPSA) is 121 Å². The molecule has 4 rings (SSSR count). The highest BCUT2D eigenvalue weighted by atomic mass is 16.2. The van der Waals surface area contributed by atoms with Crippen LogP contribution in [0.25, 0.3) is 10.8 Å². The normalized spacial score (nSPS) is 14.3. The average molecular weight is 721 g/mol. The van der Waals surface area contributed by atoms with E-state index in [0.29, 0.717) is 76.9 Å². The van der Waals surface area contributed by atoms with Crippen molar-refractivity contribution in [1.82, 2.24) is 29.8 Å². The van der Waals surface area contributed by atoms with Crippen LogP contribution in [0.1, 0.15) is 116 Å². The summed E-state index contributed by atoms with van der Waals surface area (Å²) in [6.07, 6.45) is 2.94. The van der Waals surface area contributed by atoms with Gasteiger partial charge >= 0.3 is 0 Å². The van der Waals surface area contributed by atoms with Gasteiger partial charge in [0.2, 0.25) is 0 Å². The minimum absolute atomic E-state index is 0.265. The molecule has 2 aliphatic rings. The molecular formula is C40H64N8O4. The van der Waals surface area contributed by atoms with Crippen LogP contribution in [0.2, 0.25) is 0 Å². The molecule has 288 valence electrons. The SMILES string of the molecule is CCNCCCN1C(=O)c2cc(NCCCN(CC)CC)c3c4c(cc(NCCCN(CC)CC)c(c24)C1=O)C(=O)N(CCCN(CC)CC)C3=O. The summed E-state index contributed by atoms with van der Waals surface area (Å²) >= 11 is 0. The monoisotopic (exact) mass is 721 g/mol. The summed E-state index contributed by atoms with van der Waals surface area (Å²) in [4.78, 5) is 67.3. The second-order valence-corrected chi connectivity index (χ2v) is 13.7. The Morgan fingerprint density at radius 3 is 1.27 bits per heavy atom. The minimum Gasteiger partial charge on any atom is -0.384 e. The van der Waals surface area contributed by atoms with Gasteiger partial charge in [0.15, 0.2) is 0 Å². The van der Waals surface area contributed by atoms with Gasteiger partial charge in [-0.25, -0.2) is 0 Å². The molecule has 52 heavy (non-hydrogen) atoms. The molecule has 0 atom stereocenters. The van der Waals surface area contributed by atoms with E-state index in [2.05, 4.69) is 72.2 Å². The van der Waals surface area contributed by atoms with Crippen molar-refractivity contribution in [2.75, 3.05) is 109 Å². The molecular weight excluding hydrogens is 656 g/mol. The quantitative estimate of drug-likeness (QED) is 0.0950. The van der Waals surface area contributed by atoms with Crippen LogP contribution in [0.4, 0.5) is 11.4 Å². The van der Waals surface area contributed by atoms with Crippen molar-refractivity contribution in [3.8, 4) is 0 Å². The molecule has 2 heterocycles. The second kappa shape index (κ2) is 20.0. The van der Waals surface area contributed by atoms with E-state index in [4.69, 9.17) is 0 Å². The van der Waals surface area contributed by atoms with Gasteiger partial charge in [0.1, 0.15) is 0 Å². The highest BCUT2D eigenvalue weighted by Gasteiger charge is 2.42. The molecule has 0 bridgehead atoms. The zero-order valence-electron chi connectivity index (χ0n) is 33.0. The summed E-state index contributed by atoms with van der Waals surface area (Å²) in [5, 5.41) is 11.1. The van der Waals surface area contributed by atoms with Crippen LogP contribution in [-0.4, -0.2) is 146 Å². The maximum Gasteiger partial charge on any atom is 0.263 e. The lowest BCUT2D eigenvalue weighted by molar-refractivity contribution is 0.0585. The summed E-state index contributed by atoms with van der Waals surface area (Å²) in [5.74, 6) is -1.54. The summed E-state index contributed by atoms with van der Waals surface area (Å²) < 4.78 is 0. The first kappa shape index (κ1) is 41.2. The van der Waals surface area contributed by atoms with Crippen LogP contribution in [0.5, 0.6) is 0 Å². The summed E-state index contributed by atoms with van der Waals surface area (Å²) in [6, 6.07) is 3.53. The first-order chi connectivity index (χ1) is 25.2. The van der Waals surface area contributed by atoms with E-state index in [-0.39, 0.29) is 30.8 Å². The molecule has 0 spiro atoms. The zero-order valence-corrected chi connectivity index (χ0v) is 33.0. The van der Waals surface area contributed by atoms with Crippen molar-refractivity contribution in [1.29, 1.82) is 0 Å². The van der Waals surface area contributed by atoms with Crippen molar-refractivity contribution in [3.05, 3.63) is 34.4 Å². The fourth-order valence-electron chi connectivity index (χ4n) is 7.51. The molecule has 0 saturated carbocycles. The first-order valence-corrected chi connectivity index (χ1v) is 20.0. The van der Waals surface area contributed by atoms with Crippen LogP contribution in [0, 0.1) is 0 Å². The molecule has 2 aromatic carbocycles. The second-order valence-electron chi connectivity index (χ2n) is 13.7. The fourth-order valence-corrected chi connectivity index (χ4v) is 7.51. The van der Waals surface area contributed by atoms with Crippen LogP contribution in [0.15, 0.2) is 12.1 Å². The first-order valence-electron chi connectivity index (χ1n) is 20.0. The third-order valence-corrected chi connectivity index (χ3v) is 10.7. The van der Waals surface area contributed by atoms with Gasteiger partial charge in [-0.3, -0.25) is 29.0 Å². The van der Waals surface area contributed by atoms with Crippen LogP contribution in [-0.2, 0) is 0 Å². The number of amides is 4. The third kappa shape index (κ3) is 9.13. The van der Waals surface area contributed by atoms with Crippen LogP contribution >= 0.6 is 0 Å². The van der Waals surface area contributed by atoms with Crippen LogP contribution in [0.3, 0.4) is 0 Å². The molecule has 2 aliphatic heterocycles. The van der Waals surface area contributed by atoms with Crippen molar-refractivity contribution in [2.24, 2.45) is 0 Å². The molecule has 0 aliphatic carbocycles. The largest absolute Gasteiger partial charge is 0.384 e. The molecule has 0 aromatic heterocycles. The summed E-state index contributed by atoms with van der Waals surface area (Å²) in [7, 11) is 0. The van der Waals surface area contributed by atoms with Gasteiger partial charge in [0.25, 0.3) is 23.6 Å². The lowest BCUT2D eigenvalue weighted by Gasteiger charge is -2.35. The van der Waals surface area contributed by atoms with Crippen molar-refractivity contribution in [3.63, 3.8) is 0 Å². The molecule has 12 nitrogen and oxygen atoms in total. The highest BCUT2D eigenvalue weighted by molar-refractivity contribution is 6.36. The number of hydrogen-bond donors (Lipinski definition) is 3. The number of carbonyl (C=O) groups excluding carboxylic acids is 4. The van der Waals surface area contributed by atoms with E-state index in [1.54, 1.807) is 12.1 Å². The molecule has 2 aromatic rings. The predicted molar refractivity (Wildman–Crippen MR) is 212 cm³/mol. The molecule has 0 fully saturated rings. The lowest BCUT2D eigenvalue weighted by atomic mass is 9.83. The average Bonchev–Trinajstić information content (AvgIpc) is 3.15. The molecule has 3 N–H and O–H groups in total. The number of benzene rings is 2. The van der Waals surface area contributed by atoms with E-state index in [9.17, 15) is 19.2 Å². The molecule has 0 saturated heterocycles. The highest BCUT2D eigenvalue weighted by Crippen LogP contribution is 2.44. The predicted octanol–water partition coefficient (Wildman–Crippen LogP) is 5.05. The number of imide groups is 2. The van der Waals surface area contributed by atoms with E-state index in [1.807, 2.05) is 6.92 Å². The number of nitrogens with one attached hydrogen (secondary N) is 3. The van der Waals surface area contributed by atoms with E-state index in [1.165, 1.54) is 9.80 Å². The summed E-state index contributed by atoms with van der Waals surface area (Å²) in [5.41, 5.74) is 2.52. The Kier molecular flexibility index (Phi) is 15.9. The fraction of sp³-hybridized carbons (Fsp3) is 0.650. The minimum atomic E-state index is -0.391. The number of carbonyl (C=O) groups is 4. The Morgan fingerprint density at radius 1 is 0.500 bits per heavy atom. The third-order valence-electron chi connectivity index (χ3n) is 10.7. The van der Waals surface area contributed by atoms with E-state index >= 15 is 0 Å². The maximum atomic E-state index is 14.5. The van der Waals surface area contributed by atoms with Gasteiger partial charge in [-0.15, -0.1) is 0 Å². The van der Waals surface area contributed by atoms with Crippen molar-refractivity contribution in [2.45, 2.75) is 74.1 Å². The van der Waals surface area contributed by atoms with Gasteiger partial charge in [-0.05, 0) is 110 Å². The van der Waals surface area contributed by atoms with Gasteiger partial charge in [-0.2, -0.15) is 0 Å². The van der Waals surface area contributed by atoms with Gasteiger partial charge in [-0.1, -0.05) is 48.5 Å². The number of anilines is 2. The lowest BCUT2D eigenvalue weighted by Crippen LogP contribution is -2.45. The number of rotatable bonds is 25. The molecule has 0 radical (unpaired) electrons. The Balaban J connectivity index is 1.84. The smallest absolute Gasteiger partial charge is 0.263 e. The number of nitrogens with zero attached hydrogens (tertiary/aromatic N) is 5. The Labute approximate surface area is 311 Å². The van der Waals surface area contributed by atoms with Crippen molar-refractivity contribution < 1.29 is 19.2 Å². The van der Waals surface area contributed by atoms with Crippen LogP contribution < -0.4 is 16.0 Å². The van der Waals surface area contributed by atoms with Crippen molar-refractivity contribution >= 4 is 45.8 Å². The van der Waals surface area contributed by atoms with Gasteiger partial charge < -0.3 is 30.7 Å². The standard InChI is InChI=1S/C40H64N8O4/c1-8-41-19-15-25-47-37(49)29-27-32(43-21-17-23-45(11-4)12-5)36-34-30(38(50)48(40(36)52)26-18-24-46(13-6)14-7)28-31(35(33(29)34)39(47)51)42-20-16-22-44(9-2)10-3/h27-28,41-43H,8-26H2,1-7H3. The Morgan fingerprint density at radius 2 is 0.885 bits per heavy atom. The molecule has 4 amide bonds. The van der Waals surface area contributed by atoms with E-state index < -0.39 is 5.91 Å². The molecule has 12 heteroatoms. The zero-order chi connectivity index (χ0) is 37.8. The Bertz CT molecular complexity index is 1550. The number of hydrogen-bond acceptors (Lipinski definition) is 10. The molecule has 0 unspecified atom stereocenters. The van der Waals surface area contributed by atoms with E-state index in [0.717, 1.165) is 78.3 Å². The van der Waals surface area contributed by atoms with Gasteiger partial charge in [0, 0.05) is 48.3 Å². The Hall–Kier alpha value is -3.58. The van der Waals surface area contributed by atoms with Gasteiger partial charge in [0.05, 0.1) is 22.3 Å². The summed E-state index contributed by atoms with van der Waals surface area (Å²) in [6.45, 7) is 26.2. The maximum absolute atomic E-state index is 14.5.